The molecule has 0 aliphatic carbocycles. The molecule has 0 saturated heterocycles. The quantitative estimate of drug-likeness (QED) is 0.211. The zero-order valence-electron chi connectivity index (χ0n) is 17.5. The average Bonchev–Trinajstić information content (AvgIpc) is 2.67. The number of unbranched alkanes of at least 4 members (excludes halogenated alkanes) is 10. The third kappa shape index (κ3) is 18.5. The molecule has 0 bridgehead atoms. The summed E-state index contributed by atoms with van der Waals surface area (Å²) in [6.07, 6.45) is 15.5. The fourth-order valence-electron chi connectivity index (χ4n) is 3.19. The van der Waals surface area contributed by atoms with E-state index in [4.69, 9.17) is 14.9 Å². The van der Waals surface area contributed by atoms with Crippen molar-refractivity contribution in [1.29, 1.82) is 0 Å². The number of hydrogen-bond donors (Lipinski definition) is 3. The maximum absolute atomic E-state index is 11.6. The molecule has 0 aliphatic rings. The molecule has 5 heteroatoms. The van der Waals surface area contributed by atoms with E-state index in [1.807, 2.05) is 6.92 Å². The number of carbonyl (C=O) groups is 1. The molecule has 0 aliphatic heterocycles. The third-order valence-corrected chi connectivity index (χ3v) is 5.07. The molecule has 0 spiro atoms. The summed E-state index contributed by atoms with van der Waals surface area (Å²) in [5, 5.41) is 27.7. The van der Waals surface area contributed by atoms with Gasteiger partial charge >= 0.3 is 5.97 Å². The van der Waals surface area contributed by atoms with E-state index in [9.17, 15) is 9.90 Å². The van der Waals surface area contributed by atoms with E-state index in [-0.39, 0.29) is 24.8 Å². The predicted octanol–water partition coefficient (Wildman–Crippen LogP) is 4.51. The van der Waals surface area contributed by atoms with Crippen LogP contribution in [0.15, 0.2) is 0 Å². The molecule has 162 valence electrons. The maximum atomic E-state index is 11.6. The van der Waals surface area contributed by atoms with Crippen LogP contribution in [0.4, 0.5) is 0 Å². The Morgan fingerprint density at radius 3 is 1.74 bits per heavy atom. The largest absolute Gasteiger partial charge is 0.460 e. The van der Waals surface area contributed by atoms with Crippen molar-refractivity contribution >= 4 is 5.97 Å². The fourth-order valence-corrected chi connectivity index (χ4v) is 3.19. The lowest BCUT2D eigenvalue weighted by atomic mass is 10.0. The Morgan fingerprint density at radius 1 is 0.778 bits per heavy atom. The number of aliphatic hydroxyl groups is 3. The summed E-state index contributed by atoms with van der Waals surface area (Å²) in [5.74, 6) is -0.201. The molecular formula is C22H44O5. The fraction of sp³-hybridized carbons (Fsp3) is 0.955. The average molecular weight is 389 g/mol. The molecule has 27 heavy (non-hydrogen) atoms. The third-order valence-electron chi connectivity index (χ3n) is 5.07. The van der Waals surface area contributed by atoms with Crippen molar-refractivity contribution in [1.82, 2.24) is 0 Å². The molecule has 0 amide bonds. The molecule has 2 atom stereocenters. The molecule has 0 fully saturated rings. The van der Waals surface area contributed by atoms with Gasteiger partial charge in [-0.15, -0.1) is 0 Å². The molecule has 0 radical (unpaired) electrons. The minimum atomic E-state index is -0.352. The summed E-state index contributed by atoms with van der Waals surface area (Å²) < 4.78 is 5.16. The van der Waals surface area contributed by atoms with Crippen LogP contribution in [0, 0.1) is 0 Å². The second-order valence-electron chi connectivity index (χ2n) is 7.65. The summed E-state index contributed by atoms with van der Waals surface area (Å²) in [6, 6.07) is 0. The van der Waals surface area contributed by atoms with Crippen molar-refractivity contribution in [2.45, 2.75) is 122 Å². The van der Waals surface area contributed by atoms with Gasteiger partial charge < -0.3 is 20.1 Å². The predicted molar refractivity (Wildman–Crippen MR) is 110 cm³/mol. The molecule has 0 aromatic carbocycles. The van der Waals surface area contributed by atoms with E-state index in [0.29, 0.717) is 19.4 Å². The summed E-state index contributed by atoms with van der Waals surface area (Å²) in [5.41, 5.74) is 0. The lowest BCUT2D eigenvalue weighted by molar-refractivity contribution is -0.151. The van der Waals surface area contributed by atoms with Gasteiger partial charge in [-0.2, -0.15) is 0 Å². The monoisotopic (exact) mass is 388 g/mol. The van der Waals surface area contributed by atoms with Crippen LogP contribution in [-0.4, -0.2) is 46.7 Å². The van der Waals surface area contributed by atoms with Crippen molar-refractivity contribution in [3.63, 3.8) is 0 Å². The van der Waals surface area contributed by atoms with Crippen molar-refractivity contribution in [3.8, 4) is 0 Å². The number of esters is 1. The smallest absolute Gasteiger partial charge is 0.306 e. The van der Waals surface area contributed by atoms with Crippen LogP contribution >= 0.6 is 0 Å². The van der Waals surface area contributed by atoms with Crippen LogP contribution in [0.25, 0.3) is 0 Å². The molecular weight excluding hydrogens is 344 g/mol. The Bertz CT molecular complexity index is 318. The van der Waals surface area contributed by atoms with E-state index in [2.05, 4.69) is 0 Å². The molecule has 2 unspecified atom stereocenters. The van der Waals surface area contributed by atoms with Crippen LogP contribution in [0.1, 0.15) is 110 Å². The molecule has 0 saturated carbocycles. The van der Waals surface area contributed by atoms with Gasteiger partial charge in [0.2, 0.25) is 0 Å². The molecule has 3 N–H and O–H groups in total. The van der Waals surface area contributed by atoms with Gasteiger partial charge in [0.05, 0.1) is 12.7 Å². The topological polar surface area (TPSA) is 87.0 Å². The van der Waals surface area contributed by atoms with Gasteiger partial charge in [0.1, 0.15) is 6.10 Å². The molecule has 5 nitrogen and oxygen atoms in total. The van der Waals surface area contributed by atoms with Gasteiger partial charge in [0.25, 0.3) is 0 Å². The van der Waals surface area contributed by atoms with E-state index >= 15 is 0 Å². The van der Waals surface area contributed by atoms with E-state index in [0.717, 1.165) is 70.6 Å². The van der Waals surface area contributed by atoms with Gasteiger partial charge in [-0.25, -0.2) is 0 Å². The van der Waals surface area contributed by atoms with Crippen LogP contribution in [0.2, 0.25) is 0 Å². The molecule has 0 aromatic heterocycles. The number of aliphatic hydroxyl groups excluding tert-OH is 3. The maximum Gasteiger partial charge on any atom is 0.306 e. The summed E-state index contributed by atoms with van der Waals surface area (Å²) in [7, 11) is 0. The number of ether oxygens (including phenoxy) is 1. The highest BCUT2D eigenvalue weighted by molar-refractivity contribution is 5.69. The SMILES string of the molecule is CCC(CO)OC(=O)CCCCCCCCC(O)CCCCCCCCO. The van der Waals surface area contributed by atoms with E-state index in [1.165, 1.54) is 19.3 Å². The van der Waals surface area contributed by atoms with Gasteiger partial charge in [-0.1, -0.05) is 71.1 Å². The number of rotatable bonds is 20. The highest BCUT2D eigenvalue weighted by Gasteiger charge is 2.10. The van der Waals surface area contributed by atoms with Crippen molar-refractivity contribution in [3.05, 3.63) is 0 Å². The van der Waals surface area contributed by atoms with Gasteiger partial charge in [-0.3, -0.25) is 4.79 Å². The van der Waals surface area contributed by atoms with Crippen molar-refractivity contribution < 1.29 is 24.9 Å². The molecule has 0 heterocycles. The minimum absolute atomic E-state index is 0.0985. The minimum Gasteiger partial charge on any atom is -0.460 e. The first-order valence-corrected chi connectivity index (χ1v) is 11.2. The van der Waals surface area contributed by atoms with Crippen LogP contribution < -0.4 is 0 Å². The second kappa shape index (κ2) is 20.1. The number of carbonyl (C=O) groups excluding carboxylic acids is 1. The highest BCUT2D eigenvalue weighted by Crippen LogP contribution is 2.14. The van der Waals surface area contributed by atoms with Crippen LogP contribution in [-0.2, 0) is 9.53 Å². The Balaban J connectivity index is 3.32. The summed E-state index contributed by atoms with van der Waals surface area (Å²) >= 11 is 0. The van der Waals surface area contributed by atoms with Gasteiger partial charge in [0.15, 0.2) is 0 Å². The lowest BCUT2D eigenvalue weighted by Crippen LogP contribution is -2.20. The zero-order chi connectivity index (χ0) is 20.2. The highest BCUT2D eigenvalue weighted by atomic mass is 16.5. The standard InChI is InChI=1S/C22H44O5/c1-2-21(19-24)27-22(26)17-13-9-4-3-7-11-15-20(25)16-12-8-5-6-10-14-18-23/h20-21,23-25H,2-19H2,1H3. The van der Waals surface area contributed by atoms with Crippen molar-refractivity contribution in [2.75, 3.05) is 13.2 Å². The first kappa shape index (κ1) is 26.4. The van der Waals surface area contributed by atoms with Gasteiger partial charge in [-0.05, 0) is 32.1 Å². The van der Waals surface area contributed by atoms with E-state index in [1.54, 1.807) is 0 Å². The van der Waals surface area contributed by atoms with Crippen LogP contribution in [0.3, 0.4) is 0 Å². The first-order valence-electron chi connectivity index (χ1n) is 11.2. The number of hydrogen-bond acceptors (Lipinski definition) is 5. The Labute approximate surface area is 166 Å². The summed E-state index contributed by atoms with van der Waals surface area (Å²) in [6.45, 7) is 2.10. The molecule has 0 rings (SSSR count). The van der Waals surface area contributed by atoms with Gasteiger partial charge in [0, 0.05) is 13.0 Å². The second-order valence-corrected chi connectivity index (χ2v) is 7.65. The Kier molecular flexibility index (Phi) is 19.6. The van der Waals surface area contributed by atoms with E-state index < -0.39 is 0 Å². The summed E-state index contributed by atoms with van der Waals surface area (Å²) in [4.78, 5) is 11.6. The van der Waals surface area contributed by atoms with Crippen LogP contribution in [0.5, 0.6) is 0 Å². The van der Waals surface area contributed by atoms with Crippen molar-refractivity contribution in [2.24, 2.45) is 0 Å². The zero-order valence-corrected chi connectivity index (χ0v) is 17.5. The molecule has 0 aromatic rings. The Morgan fingerprint density at radius 2 is 1.26 bits per heavy atom. The normalized spacial score (nSPS) is 13.5. The lowest BCUT2D eigenvalue weighted by Gasteiger charge is -2.13. The first-order chi connectivity index (χ1) is 13.1. The Hall–Kier alpha value is -0.650.